The van der Waals surface area contributed by atoms with Gasteiger partial charge in [-0.2, -0.15) is 0 Å². The number of nitrogens with zero attached hydrogens (tertiary/aromatic N) is 1. The van der Waals surface area contributed by atoms with Crippen LogP contribution in [0.3, 0.4) is 0 Å². The third-order valence-electron chi connectivity index (χ3n) is 5.17. The predicted octanol–water partition coefficient (Wildman–Crippen LogP) is 6.90. The summed E-state index contributed by atoms with van der Waals surface area (Å²) in [6.07, 6.45) is 1.000. The second kappa shape index (κ2) is 8.03. The molecule has 0 atom stereocenters. The highest BCUT2D eigenvalue weighted by atomic mass is 15.4. The highest BCUT2D eigenvalue weighted by Gasteiger charge is 2.35. The van der Waals surface area contributed by atoms with Crippen LogP contribution in [-0.4, -0.2) is 6.54 Å². The Bertz CT molecular complexity index is 851. The van der Waals surface area contributed by atoms with Crippen molar-refractivity contribution < 1.29 is 0 Å². The van der Waals surface area contributed by atoms with Crippen molar-refractivity contribution in [1.82, 2.24) is 4.48 Å². The number of quaternary nitrogens is 1. The first-order chi connectivity index (χ1) is 13.4. The van der Waals surface area contributed by atoms with Gasteiger partial charge >= 0.3 is 0 Å². The van der Waals surface area contributed by atoms with Crippen LogP contribution < -0.4 is 4.48 Å². The average molecular weight is 350 g/mol. The molecule has 4 rings (SSSR count). The Morgan fingerprint density at radius 2 is 0.741 bits per heavy atom. The first kappa shape index (κ1) is 17.3. The first-order valence-corrected chi connectivity index (χ1v) is 9.48. The van der Waals surface area contributed by atoms with Gasteiger partial charge in [-0.05, 0) is 42.0 Å². The Kier molecular flexibility index (Phi) is 5.13. The molecule has 4 aromatic carbocycles. The molecule has 1 heteroatoms. The minimum absolute atomic E-state index is 0.706. The maximum absolute atomic E-state index is 2.24. The van der Waals surface area contributed by atoms with Crippen LogP contribution in [0.15, 0.2) is 121 Å². The molecule has 0 aliphatic carbocycles. The van der Waals surface area contributed by atoms with E-state index in [1.54, 1.807) is 0 Å². The molecule has 0 fully saturated rings. The van der Waals surface area contributed by atoms with Gasteiger partial charge in [-0.1, -0.05) is 84.9 Å². The van der Waals surface area contributed by atoms with Crippen LogP contribution in [-0.2, 0) is 6.42 Å². The molecule has 0 aromatic heterocycles. The van der Waals surface area contributed by atoms with E-state index in [0.717, 1.165) is 13.0 Å². The SMILES string of the molecule is c1ccc(CC[N+](c2ccccc2)(c2ccccc2)c2ccccc2)cc1. The van der Waals surface area contributed by atoms with E-state index in [4.69, 9.17) is 0 Å². The average Bonchev–Trinajstić information content (AvgIpc) is 2.77. The fourth-order valence-electron chi connectivity index (χ4n) is 3.82. The lowest BCUT2D eigenvalue weighted by Gasteiger charge is -2.37. The van der Waals surface area contributed by atoms with Gasteiger partial charge in [0.15, 0.2) is 0 Å². The van der Waals surface area contributed by atoms with E-state index in [1.807, 2.05) is 0 Å². The molecule has 0 spiro atoms. The second-order valence-corrected chi connectivity index (χ2v) is 6.78. The Morgan fingerprint density at radius 1 is 0.407 bits per heavy atom. The van der Waals surface area contributed by atoms with E-state index in [2.05, 4.69) is 121 Å². The number of hydrogen-bond acceptors (Lipinski definition) is 0. The van der Waals surface area contributed by atoms with Gasteiger partial charge in [0.25, 0.3) is 0 Å². The van der Waals surface area contributed by atoms with Crippen molar-refractivity contribution in [1.29, 1.82) is 0 Å². The molecule has 0 aliphatic rings. The number of hydrogen-bond donors (Lipinski definition) is 0. The predicted molar refractivity (Wildman–Crippen MR) is 115 cm³/mol. The molecule has 0 saturated carbocycles. The maximum atomic E-state index is 2.24. The Balaban J connectivity index is 1.89. The summed E-state index contributed by atoms with van der Waals surface area (Å²) in [4.78, 5) is 0. The fraction of sp³-hybridized carbons (Fsp3) is 0.0769. The monoisotopic (exact) mass is 350 g/mol. The van der Waals surface area contributed by atoms with Crippen molar-refractivity contribution in [2.75, 3.05) is 6.54 Å². The number of para-hydroxylation sites is 3. The highest BCUT2D eigenvalue weighted by molar-refractivity contribution is 5.70. The molecule has 0 N–H and O–H groups in total. The van der Waals surface area contributed by atoms with Gasteiger partial charge < -0.3 is 0 Å². The molecule has 1 nitrogen and oxygen atoms in total. The Labute approximate surface area is 161 Å². The molecule has 132 valence electrons. The molecule has 0 heterocycles. The number of rotatable bonds is 6. The minimum atomic E-state index is 0.706. The molecule has 0 unspecified atom stereocenters. The van der Waals surface area contributed by atoms with Crippen molar-refractivity contribution in [2.45, 2.75) is 6.42 Å². The van der Waals surface area contributed by atoms with Crippen LogP contribution in [0.4, 0.5) is 17.1 Å². The van der Waals surface area contributed by atoms with E-state index in [1.165, 1.54) is 22.6 Å². The molecule has 0 bridgehead atoms. The van der Waals surface area contributed by atoms with Crippen LogP contribution in [0.1, 0.15) is 5.56 Å². The van der Waals surface area contributed by atoms with Crippen LogP contribution in [0, 0.1) is 0 Å². The van der Waals surface area contributed by atoms with Crippen molar-refractivity contribution in [3.63, 3.8) is 0 Å². The maximum Gasteiger partial charge on any atom is 0.143 e. The zero-order chi connectivity index (χ0) is 18.4. The summed E-state index contributed by atoms with van der Waals surface area (Å²) in [7, 11) is 0. The topological polar surface area (TPSA) is 0 Å². The van der Waals surface area contributed by atoms with Gasteiger partial charge in [-0.15, -0.1) is 0 Å². The molecule has 0 amide bonds. The Morgan fingerprint density at radius 3 is 1.11 bits per heavy atom. The summed E-state index contributed by atoms with van der Waals surface area (Å²) in [5.74, 6) is 0. The minimum Gasteiger partial charge on any atom is -0.226 e. The quantitative estimate of drug-likeness (QED) is 0.332. The molecule has 0 radical (unpaired) electrons. The second-order valence-electron chi connectivity index (χ2n) is 6.78. The van der Waals surface area contributed by atoms with Crippen molar-refractivity contribution in [3.05, 3.63) is 127 Å². The summed E-state index contributed by atoms with van der Waals surface area (Å²) in [5.41, 5.74) is 5.21. The van der Waals surface area contributed by atoms with E-state index in [-0.39, 0.29) is 0 Å². The van der Waals surface area contributed by atoms with Crippen molar-refractivity contribution in [3.8, 4) is 0 Å². The van der Waals surface area contributed by atoms with Crippen molar-refractivity contribution >= 4 is 17.1 Å². The molecular formula is C26H24N+. The van der Waals surface area contributed by atoms with Crippen LogP contribution >= 0.6 is 0 Å². The van der Waals surface area contributed by atoms with E-state index in [9.17, 15) is 0 Å². The van der Waals surface area contributed by atoms with Crippen LogP contribution in [0.2, 0.25) is 0 Å². The molecule has 0 saturated heterocycles. The van der Waals surface area contributed by atoms with Crippen LogP contribution in [0.5, 0.6) is 0 Å². The van der Waals surface area contributed by atoms with E-state index in [0.29, 0.717) is 4.48 Å². The van der Waals surface area contributed by atoms with Gasteiger partial charge in [0.2, 0.25) is 0 Å². The van der Waals surface area contributed by atoms with Gasteiger partial charge in [0.05, 0.1) is 6.54 Å². The largest absolute Gasteiger partial charge is 0.226 e. The third kappa shape index (κ3) is 3.55. The standard InChI is InChI=1S/C26H24N/c1-5-13-23(14-6-1)21-22-27(24-15-7-2-8-16-24,25-17-9-3-10-18-25)26-19-11-4-12-20-26/h1-20H,21-22H2/q+1. The lowest BCUT2D eigenvalue weighted by molar-refractivity contribution is 0.518. The van der Waals surface area contributed by atoms with Gasteiger partial charge in [0, 0.05) is 6.42 Å². The van der Waals surface area contributed by atoms with Gasteiger partial charge in [-0.3, -0.25) is 0 Å². The van der Waals surface area contributed by atoms with E-state index >= 15 is 0 Å². The van der Waals surface area contributed by atoms with E-state index < -0.39 is 0 Å². The summed E-state index contributed by atoms with van der Waals surface area (Å²) >= 11 is 0. The Hall–Kier alpha value is -3.16. The normalized spacial score (nSPS) is 11.3. The lowest BCUT2D eigenvalue weighted by Crippen LogP contribution is -2.40. The van der Waals surface area contributed by atoms with Crippen molar-refractivity contribution in [2.24, 2.45) is 0 Å². The molecule has 27 heavy (non-hydrogen) atoms. The summed E-state index contributed by atoms with van der Waals surface area (Å²) in [6.45, 7) is 0.960. The first-order valence-electron chi connectivity index (χ1n) is 9.48. The molecule has 4 aromatic rings. The lowest BCUT2D eigenvalue weighted by atomic mass is 10.1. The zero-order valence-corrected chi connectivity index (χ0v) is 15.4. The van der Waals surface area contributed by atoms with Crippen LogP contribution in [0.25, 0.3) is 0 Å². The summed E-state index contributed by atoms with van der Waals surface area (Å²) in [5, 5.41) is 0. The third-order valence-corrected chi connectivity index (χ3v) is 5.17. The molecule has 0 aliphatic heterocycles. The highest BCUT2D eigenvalue weighted by Crippen LogP contribution is 2.43. The van der Waals surface area contributed by atoms with Gasteiger partial charge in [-0.25, -0.2) is 4.48 Å². The summed E-state index contributed by atoms with van der Waals surface area (Å²) < 4.78 is 0.706. The molecular weight excluding hydrogens is 326 g/mol. The smallest absolute Gasteiger partial charge is 0.143 e. The number of benzene rings is 4. The van der Waals surface area contributed by atoms with Gasteiger partial charge in [0.1, 0.15) is 17.1 Å². The zero-order valence-electron chi connectivity index (χ0n) is 15.4. The fourth-order valence-corrected chi connectivity index (χ4v) is 3.82. The summed E-state index contributed by atoms with van der Waals surface area (Å²) in [6, 6.07) is 43.3.